The zero-order valence-corrected chi connectivity index (χ0v) is 19.8. The average Bonchev–Trinajstić information content (AvgIpc) is 2.83. The molecule has 0 heterocycles. The van der Waals surface area contributed by atoms with Crippen LogP contribution >= 0.6 is 0 Å². The van der Waals surface area contributed by atoms with Crippen LogP contribution in [0.1, 0.15) is 89.4 Å². The zero-order valence-electron chi connectivity index (χ0n) is 19.8. The molecule has 3 rings (SSSR count). The van der Waals surface area contributed by atoms with E-state index in [1.54, 1.807) is 12.1 Å². The predicted molar refractivity (Wildman–Crippen MR) is 131 cm³/mol. The lowest BCUT2D eigenvalue weighted by Gasteiger charge is -2.18. The maximum absolute atomic E-state index is 11.5. The predicted octanol–water partition coefficient (Wildman–Crippen LogP) is 5.17. The van der Waals surface area contributed by atoms with Crippen LogP contribution in [0.25, 0.3) is 0 Å². The van der Waals surface area contributed by atoms with Gasteiger partial charge in [0.15, 0.2) is 0 Å². The molecule has 36 heavy (non-hydrogen) atoms. The van der Waals surface area contributed by atoms with E-state index in [1.165, 1.54) is 24.3 Å². The molecular weight excluding hydrogens is 464 g/mol. The van der Waals surface area contributed by atoms with Gasteiger partial charge in [0.1, 0.15) is 0 Å². The van der Waals surface area contributed by atoms with E-state index < -0.39 is 23.9 Å². The van der Waals surface area contributed by atoms with Crippen molar-refractivity contribution < 1.29 is 39.6 Å². The summed E-state index contributed by atoms with van der Waals surface area (Å²) in [5.41, 5.74) is 2.46. The number of hydrogen-bond donors (Lipinski definition) is 4. The minimum atomic E-state index is -1.29. The molecule has 0 bridgehead atoms. The first-order valence-corrected chi connectivity index (χ1v) is 11.3. The summed E-state index contributed by atoms with van der Waals surface area (Å²) in [6, 6.07) is 16.6. The Balaban J connectivity index is 1.79. The van der Waals surface area contributed by atoms with Crippen LogP contribution in [0.4, 0.5) is 0 Å². The van der Waals surface area contributed by atoms with Crippen molar-refractivity contribution in [3.8, 4) is 0 Å². The molecule has 8 heteroatoms. The minimum absolute atomic E-state index is 0.0166. The van der Waals surface area contributed by atoms with Gasteiger partial charge in [0.05, 0.1) is 22.3 Å². The topological polar surface area (TPSA) is 149 Å². The first kappa shape index (κ1) is 26.2. The van der Waals surface area contributed by atoms with Crippen LogP contribution in [-0.2, 0) is 12.8 Å². The van der Waals surface area contributed by atoms with Gasteiger partial charge in [0.25, 0.3) is 0 Å². The number of rotatable bonds is 10. The second kappa shape index (κ2) is 10.9. The lowest BCUT2D eigenvalue weighted by Crippen LogP contribution is -2.10. The number of carboxylic acid groups (broad SMARTS) is 4. The molecule has 0 aliphatic carbocycles. The highest BCUT2D eigenvalue weighted by Gasteiger charge is 2.19. The third-order valence-electron chi connectivity index (χ3n) is 6.22. The van der Waals surface area contributed by atoms with Gasteiger partial charge in [0.2, 0.25) is 0 Å². The Hall–Kier alpha value is -4.46. The Kier molecular flexibility index (Phi) is 7.89. The van der Waals surface area contributed by atoms with Gasteiger partial charge in [-0.25, -0.2) is 19.2 Å². The Bertz CT molecular complexity index is 1240. The van der Waals surface area contributed by atoms with Gasteiger partial charge in [0, 0.05) is 0 Å². The quantitative estimate of drug-likeness (QED) is 0.304. The second-order valence-corrected chi connectivity index (χ2v) is 8.86. The van der Waals surface area contributed by atoms with Crippen molar-refractivity contribution in [1.29, 1.82) is 0 Å². The standard InChI is InChI=1S/C28H26O8/c1-15(10-17-6-8-21(25(29)30)23(12-17)27(33)34)19-4-3-5-20(14-19)16(2)11-18-7-9-22(26(31)32)24(13-18)28(35)36/h3-9,12-16H,10-11H2,1-2H3,(H,29,30)(H,31,32)(H,33,34)(H,35,36). The molecule has 2 unspecified atom stereocenters. The van der Waals surface area contributed by atoms with Crippen LogP contribution in [0.5, 0.6) is 0 Å². The average molecular weight is 491 g/mol. The molecule has 0 aliphatic rings. The van der Waals surface area contributed by atoms with E-state index in [2.05, 4.69) is 0 Å². The van der Waals surface area contributed by atoms with E-state index >= 15 is 0 Å². The fourth-order valence-corrected chi connectivity index (χ4v) is 4.28. The molecule has 3 aromatic carbocycles. The largest absolute Gasteiger partial charge is 0.478 e. The van der Waals surface area contributed by atoms with E-state index in [1.807, 2.05) is 38.1 Å². The van der Waals surface area contributed by atoms with E-state index in [0.717, 1.165) is 11.1 Å². The Morgan fingerprint density at radius 2 is 0.917 bits per heavy atom. The lowest BCUT2D eigenvalue weighted by atomic mass is 9.87. The highest BCUT2D eigenvalue weighted by molar-refractivity contribution is 6.02. The fourth-order valence-electron chi connectivity index (χ4n) is 4.28. The van der Waals surface area contributed by atoms with Gasteiger partial charge in [-0.1, -0.05) is 50.2 Å². The normalized spacial score (nSPS) is 12.5. The van der Waals surface area contributed by atoms with Crippen LogP contribution in [0.3, 0.4) is 0 Å². The lowest BCUT2D eigenvalue weighted by molar-refractivity contribution is 0.0651. The summed E-state index contributed by atoms with van der Waals surface area (Å²) < 4.78 is 0. The van der Waals surface area contributed by atoms with Crippen molar-refractivity contribution in [3.05, 3.63) is 105 Å². The highest BCUT2D eigenvalue weighted by atomic mass is 16.4. The van der Waals surface area contributed by atoms with Crippen LogP contribution in [0, 0.1) is 0 Å². The van der Waals surface area contributed by atoms with Crippen molar-refractivity contribution in [3.63, 3.8) is 0 Å². The number of benzene rings is 3. The molecule has 4 N–H and O–H groups in total. The van der Waals surface area contributed by atoms with Crippen molar-refractivity contribution in [1.82, 2.24) is 0 Å². The Morgan fingerprint density at radius 1 is 0.556 bits per heavy atom. The summed E-state index contributed by atoms with van der Waals surface area (Å²) in [4.78, 5) is 45.6. The molecule has 0 aromatic heterocycles. The molecule has 2 atom stereocenters. The van der Waals surface area contributed by atoms with Crippen LogP contribution < -0.4 is 0 Å². The summed E-state index contributed by atoms with van der Waals surface area (Å²) in [6.45, 7) is 4.00. The number of carbonyl (C=O) groups is 4. The smallest absolute Gasteiger partial charge is 0.336 e. The van der Waals surface area contributed by atoms with Crippen LogP contribution in [0.15, 0.2) is 60.7 Å². The Labute approximate surface area is 207 Å². The monoisotopic (exact) mass is 490 g/mol. The molecule has 0 saturated heterocycles. The summed E-state index contributed by atoms with van der Waals surface area (Å²) in [6.07, 6.45) is 1.02. The first-order valence-electron chi connectivity index (χ1n) is 11.3. The molecule has 186 valence electrons. The summed E-state index contributed by atoms with van der Waals surface area (Å²) in [7, 11) is 0. The number of aromatic carboxylic acids is 4. The summed E-state index contributed by atoms with van der Waals surface area (Å²) in [5.74, 6) is -5.13. The molecule has 3 aromatic rings. The van der Waals surface area contributed by atoms with E-state index in [0.29, 0.717) is 24.0 Å². The molecule has 0 saturated carbocycles. The third-order valence-corrected chi connectivity index (χ3v) is 6.22. The first-order chi connectivity index (χ1) is 17.0. The molecular formula is C28H26O8. The highest BCUT2D eigenvalue weighted by Crippen LogP contribution is 2.28. The SMILES string of the molecule is CC(Cc1ccc(C(=O)O)c(C(=O)O)c1)c1cccc(C(C)Cc2ccc(C(=O)O)c(C(=O)O)c2)c1. The van der Waals surface area contributed by atoms with Crippen LogP contribution in [-0.4, -0.2) is 44.3 Å². The maximum atomic E-state index is 11.5. The molecule has 0 amide bonds. The third kappa shape index (κ3) is 5.96. The van der Waals surface area contributed by atoms with Crippen molar-refractivity contribution in [2.75, 3.05) is 0 Å². The molecule has 0 radical (unpaired) electrons. The van der Waals surface area contributed by atoms with E-state index in [4.69, 9.17) is 0 Å². The van der Waals surface area contributed by atoms with Crippen molar-refractivity contribution >= 4 is 23.9 Å². The molecule has 0 spiro atoms. The summed E-state index contributed by atoms with van der Waals surface area (Å²) in [5, 5.41) is 37.2. The Morgan fingerprint density at radius 3 is 1.25 bits per heavy atom. The molecule has 0 aliphatic heterocycles. The van der Waals surface area contributed by atoms with Gasteiger partial charge in [-0.15, -0.1) is 0 Å². The van der Waals surface area contributed by atoms with Crippen molar-refractivity contribution in [2.24, 2.45) is 0 Å². The van der Waals surface area contributed by atoms with E-state index in [-0.39, 0.29) is 34.1 Å². The van der Waals surface area contributed by atoms with Crippen molar-refractivity contribution in [2.45, 2.75) is 38.5 Å². The van der Waals surface area contributed by atoms with Gasteiger partial charge >= 0.3 is 23.9 Å². The van der Waals surface area contributed by atoms with Gasteiger partial charge in [-0.2, -0.15) is 0 Å². The second-order valence-electron chi connectivity index (χ2n) is 8.86. The fraction of sp³-hybridized carbons (Fsp3) is 0.214. The van der Waals surface area contributed by atoms with Crippen LogP contribution in [0.2, 0.25) is 0 Å². The minimum Gasteiger partial charge on any atom is -0.478 e. The number of hydrogen-bond acceptors (Lipinski definition) is 4. The molecule has 8 nitrogen and oxygen atoms in total. The zero-order chi connectivity index (χ0) is 26.6. The van der Waals surface area contributed by atoms with E-state index in [9.17, 15) is 39.6 Å². The van der Waals surface area contributed by atoms with Gasteiger partial charge in [-0.3, -0.25) is 0 Å². The van der Waals surface area contributed by atoms with Gasteiger partial charge in [-0.05, 0) is 71.2 Å². The molecule has 0 fully saturated rings. The summed E-state index contributed by atoms with van der Waals surface area (Å²) >= 11 is 0. The van der Waals surface area contributed by atoms with Gasteiger partial charge < -0.3 is 20.4 Å². The number of carboxylic acids is 4. The maximum Gasteiger partial charge on any atom is 0.336 e.